The second-order valence-corrected chi connectivity index (χ2v) is 14.9. The minimum Gasteiger partial charge on any atom is -0.324 e. The summed E-state index contributed by atoms with van der Waals surface area (Å²) in [5.74, 6) is -3.57. The Kier molecular flexibility index (Phi) is 16.2. The third kappa shape index (κ3) is 11.3. The van der Waals surface area contributed by atoms with Gasteiger partial charge in [-0.05, 0) is 98.5 Å². The highest BCUT2D eigenvalue weighted by Crippen LogP contribution is 2.33. The summed E-state index contributed by atoms with van der Waals surface area (Å²) >= 11 is 25.1. The largest absolute Gasteiger partial charge is 0.324 e. The van der Waals surface area contributed by atoms with Crippen LogP contribution in [-0.4, -0.2) is 47.3 Å². The second-order valence-electron chi connectivity index (χ2n) is 13.6. The molecule has 0 aliphatic carbocycles. The molecule has 2 atom stereocenters. The minimum atomic E-state index is -1.59. The van der Waals surface area contributed by atoms with E-state index in [4.69, 9.17) is 46.4 Å². The molecule has 0 bridgehead atoms. The van der Waals surface area contributed by atoms with E-state index in [2.05, 4.69) is 41.7 Å². The molecule has 5 aromatic rings. The Hall–Kier alpha value is -6.32. The van der Waals surface area contributed by atoms with E-state index in [0.717, 1.165) is 0 Å². The van der Waals surface area contributed by atoms with Crippen molar-refractivity contribution in [2.45, 2.75) is 51.5 Å². The number of carbonyl (C=O) groups excluding carboxylic acids is 6. The van der Waals surface area contributed by atoms with Crippen molar-refractivity contribution in [3.63, 3.8) is 0 Å². The minimum absolute atomic E-state index is 0.0452. The highest BCUT2D eigenvalue weighted by atomic mass is 35.5. The van der Waals surface area contributed by atoms with Gasteiger partial charge in [0.1, 0.15) is 11.4 Å². The lowest BCUT2D eigenvalue weighted by molar-refractivity contribution is -0.127. The van der Waals surface area contributed by atoms with Crippen molar-refractivity contribution in [2.75, 3.05) is 21.3 Å². The van der Waals surface area contributed by atoms with Crippen LogP contribution in [0.15, 0.2) is 118 Å². The average molecular weight is 917 g/mol. The van der Waals surface area contributed by atoms with Gasteiger partial charge in [-0.3, -0.25) is 28.8 Å². The number of Topliss-reactive ketones (excluding diaryl/α,β-unsaturated/α-hetero) is 2. The van der Waals surface area contributed by atoms with Crippen LogP contribution in [0.5, 0.6) is 0 Å². The summed E-state index contributed by atoms with van der Waals surface area (Å²) < 4.78 is 0. The van der Waals surface area contributed by atoms with Gasteiger partial charge >= 0.3 is 0 Å². The summed E-state index contributed by atoms with van der Waals surface area (Å²) in [5, 5.41) is 26.9. The number of rotatable bonds is 16. The van der Waals surface area contributed by atoms with Crippen LogP contribution in [0.1, 0.15) is 56.8 Å². The van der Waals surface area contributed by atoms with Gasteiger partial charge < -0.3 is 21.3 Å². The fourth-order valence-electron chi connectivity index (χ4n) is 5.81. The molecule has 0 heterocycles. The summed E-state index contributed by atoms with van der Waals surface area (Å²) in [6.45, 7) is 5.70. The molecule has 0 aliphatic rings. The number of anilines is 4. The molecule has 0 aromatic heterocycles. The van der Waals surface area contributed by atoms with Crippen LogP contribution in [0.2, 0.25) is 10.0 Å². The lowest BCUT2D eigenvalue weighted by Gasteiger charge is -2.17. The Morgan fingerprint density at radius 3 is 1.23 bits per heavy atom. The van der Waals surface area contributed by atoms with Crippen molar-refractivity contribution >= 4 is 116 Å². The van der Waals surface area contributed by atoms with Crippen LogP contribution in [0.4, 0.5) is 34.1 Å². The Morgan fingerprint density at radius 2 is 0.871 bits per heavy atom. The van der Waals surface area contributed by atoms with Crippen LogP contribution in [0, 0.1) is 13.8 Å². The van der Waals surface area contributed by atoms with Crippen molar-refractivity contribution < 1.29 is 28.8 Å². The van der Waals surface area contributed by atoms with E-state index in [1.165, 1.54) is 62.4 Å². The molecule has 0 spiro atoms. The number of nitrogens with zero attached hydrogens (tertiary/aromatic N) is 4. The number of para-hydroxylation sites is 2. The third-order valence-corrected chi connectivity index (χ3v) is 10.8. The van der Waals surface area contributed by atoms with Gasteiger partial charge in [0.15, 0.2) is 11.6 Å². The van der Waals surface area contributed by atoms with E-state index in [-0.39, 0.29) is 44.3 Å². The number of hydrogen-bond acceptors (Lipinski definition) is 10. The van der Waals surface area contributed by atoms with Crippen molar-refractivity contribution in [2.24, 2.45) is 20.5 Å². The average Bonchev–Trinajstić information content (AvgIpc) is 3.24. The molecular weight excluding hydrogens is 878 g/mol. The molecule has 5 aromatic carbocycles. The Morgan fingerprint density at radius 1 is 0.500 bits per heavy atom. The Bertz CT molecular complexity index is 2460. The number of nitrogens with one attached hydrogen (secondary N) is 4. The zero-order valence-electron chi connectivity index (χ0n) is 33.6. The number of amides is 4. The molecule has 4 N–H and O–H groups in total. The van der Waals surface area contributed by atoms with E-state index in [1.54, 1.807) is 62.4 Å². The molecule has 0 aliphatic heterocycles. The van der Waals surface area contributed by atoms with E-state index in [0.29, 0.717) is 45.0 Å². The monoisotopic (exact) mass is 914 g/mol. The molecule has 0 radical (unpaired) electrons. The number of hydrogen-bond donors (Lipinski definition) is 4. The maximum atomic E-state index is 13.4. The molecule has 14 nitrogen and oxygen atoms in total. The molecule has 0 fully saturated rings. The lowest BCUT2D eigenvalue weighted by atomic mass is 10.0. The topological polar surface area (TPSA) is 200 Å². The van der Waals surface area contributed by atoms with Gasteiger partial charge in [-0.1, -0.05) is 71.7 Å². The molecule has 318 valence electrons. The van der Waals surface area contributed by atoms with Crippen molar-refractivity contribution in [1.29, 1.82) is 0 Å². The van der Waals surface area contributed by atoms with Gasteiger partial charge in [-0.25, -0.2) is 0 Å². The number of ketones is 2. The quantitative estimate of drug-likeness (QED) is 0.0431. The Balaban J connectivity index is 1.27. The number of azo groups is 2. The maximum absolute atomic E-state index is 13.4. The molecule has 0 saturated heterocycles. The van der Waals surface area contributed by atoms with Crippen LogP contribution < -0.4 is 21.3 Å². The first-order valence-electron chi connectivity index (χ1n) is 18.7. The van der Waals surface area contributed by atoms with Crippen LogP contribution in [-0.2, 0) is 30.9 Å². The number of benzene rings is 5. The standard InChI is InChI=1S/C44H38Cl4N8O6/c1-23-24(2)32(50-44(62)40(26(4)58)56-54-36-18-10-14-30(38(36)48)42(60)52-34-16-8-6-12-28(34)22-46)20-19-31(23)49-43(61)39(25(3)57)55-53-35-17-9-13-29(37(35)47)41(59)51-33-15-7-5-11-27(33)21-45/h5-20,39-40H,21-22H2,1-4H3,(H,49,61)(H,50,62)(H,51,59)(H,52,60). The summed E-state index contributed by atoms with van der Waals surface area (Å²) in [6.07, 6.45) is 0. The molecule has 2 unspecified atom stereocenters. The smallest absolute Gasteiger partial charge is 0.258 e. The summed E-state index contributed by atoms with van der Waals surface area (Å²) in [4.78, 5) is 78.3. The normalized spacial score (nSPS) is 12.1. The van der Waals surface area contributed by atoms with Crippen molar-refractivity contribution in [1.82, 2.24) is 0 Å². The summed E-state index contributed by atoms with van der Waals surface area (Å²) in [5.41, 5.74) is 4.30. The molecule has 62 heavy (non-hydrogen) atoms. The first kappa shape index (κ1) is 46.7. The molecule has 0 saturated carbocycles. The van der Waals surface area contributed by atoms with Crippen LogP contribution >= 0.6 is 46.4 Å². The van der Waals surface area contributed by atoms with Gasteiger partial charge in [-0.2, -0.15) is 20.5 Å². The summed E-state index contributed by atoms with van der Waals surface area (Å²) in [6, 6.07) is 22.8. The van der Waals surface area contributed by atoms with Crippen molar-refractivity contribution in [3.8, 4) is 0 Å². The van der Waals surface area contributed by atoms with Gasteiger partial charge in [0.25, 0.3) is 23.6 Å². The van der Waals surface area contributed by atoms with E-state index in [9.17, 15) is 28.8 Å². The zero-order valence-corrected chi connectivity index (χ0v) is 36.6. The lowest BCUT2D eigenvalue weighted by Crippen LogP contribution is -2.33. The predicted octanol–water partition coefficient (Wildman–Crippen LogP) is 11.0. The fraction of sp³-hybridized carbons (Fsp3) is 0.182. The molecule has 4 amide bonds. The zero-order chi connectivity index (χ0) is 45.1. The number of halogens is 4. The first-order chi connectivity index (χ1) is 29.6. The van der Waals surface area contributed by atoms with E-state index in [1.807, 2.05) is 0 Å². The van der Waals surface area contributed by atoms with Gasteiger partial charge in [0.05, 0.1) is 21.2 Å². The SMILES string of the molecule is CC(=O)C(N=Nc1cccc(C(=O)Nc2ccccc2CCl)c1Cl)C(=O)Nc1ccc(NC(=O)C(N=Nc2cccc(C(=O)Nc3ccccc3CCl)c2Cl)C(C)=O)c(C)c1C. The van der Waals surface area contributed by atoms with E-state index >= 15 is 0 Å². The second kappa shape index (κ2) is 21.5. The maximum Gasteiger partial charge on any atom is 0.258 e. The summed E-state index contributed by atoms with van der Waals surface area (Å²) in [7, 11) is 0. The highest BCUT2D eigenvalue weighted by molar-refractivity contribution is 6.37. The number of alkyl halides is 2. The molecule has 5 rings (SSSR count). The Labute approximate surface area is 376 Å². The number of carbonyl (C=O) groups is 6. The highest BCUT2D eigenvalue weighted by Gasteiger charge is 2.27. The van der Waals surface area contributed by atoms with Crippen LogP contribution in [0.3, 0.4) is 0 Å². The van der Waals surface area contributed by atoms with Crippen molar-refractivity contribution in [3.05, 3.63) is 140 Å². The van der Waals surface area contributed by atoms with Gasteiger partial charge in [0.2, 0.25) is 12.1 Å². The molecular formula is C44H38Cl4N8O6. The predicted molar refractivity (Wildman–Crippen MR) is 242 cm³/mol. The van der Waals surface area contributed by atoms with Crippen LogP contribution in [0.25, 0.3) is 0 Å². The third-order valence-electron chi connectivity index (χ3n) is 9.40. The van der Waals surface area contributed by atoms with E-state index < -0.39 is 47.3 Å². The van der Waals surface area contributed by atoms with Gasteiger partial charge in [-0.15, -0.1) is 23.2 Å². The van der Waals surface area contributed by atoms with Gasteiger partial charge in [0, 0.05) is 34.5 Å². The fourth-order valence-corrected chi connectivity index (χ4v) is 6.78. The molecule has 18 heteroatoms. The first-order valence-corrected chi connectivity index (χ1v) is 20.5.